The smallest absolute Gasteiger partial charge is 0.233 e. The molecule has 1 unspecified atom stereocenters. The van der Waals surface area contributed by atoms with Gasteiger partial charge in [0.2, 0.25) is 11.8 Å². The molecule has 1 atom stereocenters. The maximum Gasteiger partial charge on any atom is 0.233 e. The van der Waals surface area contributed by atoms with E-state index < -0.39 is 15.3 Å². The molecule has 1 saturated heterocycles. The molecule has 0 radical (unpaired) electrons. The van der Waals surface area contributed by atoms with E-state index in [0.29, 0.717) is 40.3 Å². The highest BCUT2D eigenvalue weighted by Gasteiger charge is 2.49. The van der Waals surface area contributed by atoms with Crippen LogP contribution in [0.5, 0.6) is 0 Å². The van der Waals surface area contributed by atoms with Gasteiger partial charge < -0.3 is 9.80 Å². The third-order valence-corrected chi connectivity index (χ3v) is 10.5. The van der Waals surface area contributed by atoms with Gasteiger partial charge in [-0.25, -0.2) is 13.4 Å². The lowest BCUT2D eigenvalue weighted by atomic mass is 9.81. The zero-order valence-electron chi connectivity index (χ0n) is 19.1. The molecule has 7 nitrogen and oxygen atoms in total. The van der Waals surface area contributed by atoms with E-state index in [9.17, 15) is 18.0 Å². The van der Waals surface area contributed by atoms with E-state index in [1.165, 1.54) is 17.5 Å². The lowest BCUT2D eigenvalue weighted by Gasteiger charge is -2.25. The summed E-state index contributed by atoms with van der Waals surface area (Å²) in [5.41, 5.74) is 1.13. The summed E-state index contributed by atoms with van der Waals surface area (Å²) in [7, 11) is -3.43. The lowest BCUT2D eigenvalue weighted by molar-refractivity contribution is -0.127. The van der Waals surface area contributed by atoms with Crippen molar-refractivity contribution in [1.82, 2.24) is 9.88 Å². The zero-order valence-corrected chi connectivity index (χ0v) is 21.5. The number of carbonyl (C=O) groups is 2. The van der Waals surface area contributed by atoms with Gasteiger partial charge in [0, 0.05) is 37.7 Å². The molecule has 0 N–H and O–H groups in total. The van der Waals surface area contributed by atoms with E-state index in [-0.39, 0.29) is 29.9 Å². The average Bonchev–Trinajstić information content (AvgIpc) is 3.57. The first kappa shape index (κ1) is 23.8. The molecular weight excluding hydrogens is 494 g/mol. The molecule has 182 valence electrons. The van der Waals surface area contributed by atoms with Gasteiger partial charge in [-0.3, -0.25) is 9.59 Å². The monoisotopic (exact) mass is 521 g/mol. The summed E-state index contributed by atoms with van der Waals surface area (Å²) in [6.07, 6.45) is 6.47. The highest BCUT2D eigenvalue weighted by Crippen LogP contribution is 2.47. The molecule has 3 aliphatic rings. The van der Waals surface area contributed by atoms with Crippen LogP contribution < -0.4 is 4.90 Å². The Hall–Kier alpha value is -1.97. The summed E-state index contributed by atoms with van der Waals surface area (Å²) in [5, 5.41) is 0.644. The van der Waals surface area contributed by atoms with E-state index in [1.54, 1.807) is 34.9 Å². The number of amides is 2. The van der Waals surface area contributed by atoms with Gasteiger partial charge in [-0.1, -0.05) is 24.4 Å². The Morgan fingerprint density at radius 2 is 2.00 bits per heavy atom. The second-order valence-corrected chi connectivity index (χ2v) is 13.6. The van der Waals surface area contributed by atoms with Crippen LogP contribution in [-0.4, -0.2) is 55.5 Å². The maximum absolute atomic E-state index is 13.3. The van der Waals surface area contributed by atoms with E-state index in [1.807, 2.05) is 0 Å². The number of likely N-dealkylation sites (tertiary alicyclic amines) is 1. The van der Waals surface area contributed by atoms with Gasteiger partial charge in [-0.15, -0.1) is 11.3 Å². The van der Waals surface area contributed by atoms with Crippen LogP contribution in [0.4, 0.5) is 5.69 Å². The van der Waals surface area contributed by atoms with Crippen molar-refractivity contribution in [3.8, 4) is 0 Å². The van der Waals surface area contributed by atoms with Crippen molar-refractivity contribution >= 4 is 50.3 Å². The Bertz CT molecular complexity index is 1240. The SMILES string of the molecule is CC(=O)N1CCC2(C1)CN(C(=O)Cc1ncc(Cl)s1)c1ccc(S(=O)(=O)CC3CCCC3)cc12. The van der Waals surface area contributed by atoms with Gasteiger partial charge in [0.1, 0.15) is 9.34 Å². The molecule has 34 heavy (non-hydrogen) atoms. The molecule has 1 aromatic carbocycles. The van der Waals surface area contributed by atoms with Crippen LogP contribution in [0.25, 0.3) is 0 Å². The van der Waals surface area contributed by atoms with Crippen LogP contribution in [0.2, 0.25) is 4.34 Å². The number of rotatable bonds is 5. The van der Waals surface area contributed by atoms with Crippen molar-refractivity contribution in [3.05, 3.63) is 39.3 Å². The Kier molecular flexibility index (Phi) is 6.23. The molecule has 2 aliphatic heterocycles. The summed E-state index contributed by atoms with van der Waals surface area (Å²) in [6, 6.07) is 5.19. The average molecular weight is 522 g/mol. The number of nitrogens with zero attached hydrogens (tertiary/aromatic N) is 3. The van der Waals surface area contributed by atoms with Gasteiger partial charge >= 0.3 is 0 Å². The van der Waals surface area contributed by atoms with Gasteiger partial charge in [0.15, 0.2) is 9.84 Å². The third-order valence-electron chi connectivity index (χ3n) is 7.51. The first-order valence-corrected chi connectivity index (χ1v) is 14.5. The standard InChI is InChI=1S/C24H28ClN3O4S2/c1-16(29)27-9-8-24(14-27)15-28(23(30)11-22-26-12-21(25)33-22)20-7-6-18(10-19(20)24)34(31,32)13-17-4-2-3-5-17/h6-7,10,12,17H,2-5,8-9,11,13-15H2,1H3. The number of benzene rings is 1. The molecule has 0 bridgehead atoms. The quantitative estimate of drug-likeness (QED) is 0.596. The van der Waals surface area contributed by atoms with E-state index in [0.717, 1.165) is 36.9 Å². The predicted molar refractivity (Wildman–Crippen MR) is 132 cm³/mol. The second-order valence-electron chi connectivity index (χ2n) is 9.80. The summed E-state index contributed by atoms with van der Waals surface area (Å²) in [5.74, 6) is 0.277. The van der Waals surface area contributed by atoms with Gasteiger partial charge in [-0.05, 0) is 48.9 Å². The Balaban J connectivity index is 1.49. The minimum Gasteiger partial charge on any atom is -0.342 e. The molecule has 2 amide bonds. The molecule has 10 heteroatoms. The number of halogens is 1. The number of hydrogen-bond acceptors (Lipinski definition) is 6. The third kappa shape index (κ3) is 4.38. The molecule has 2 aromatic rings. The van der Waals surface area contributed by atoms with Crippen LogP contribution >= 0.6 is 22.9 Å². The molecule has 1 aliphatic carbocycles. The number of aromatic nitrogens is 1. The number of sulfone groups is 1. The fraction of sp³-hybridized carbons (Fsp3) is 0.542. The molecule has 1 saturated carbocycles. The minimum atomic E-state index is -3.43. The summed E-state index contributed by atoms with van der Waals surface area (Å²) in [6.45, 7) is 3.05. The number of carbonyl (C=O) groups excluding carboxylic acids is 2. The lowest BCUT2D eigenvalue weighted by Crippen LogP contribution is -2.40. The van der Waals surface area contributed by atoms with E-state index in [4.69, 9.17) is 11.6 Å². The predicted octanol–water partition coefficient (Wildman–Crippen LogP) is 3.84. The molecule has 1 aromatic heterocycles. The highest BCUT2D eigenvalue weighted by molar-refractivity contribution is 7.91. The largest absolute Gasteiger partial charge is 0.342 e. The van der Waals surface area contributed by atoms with Crippen molar-refractivity contribution in [2.24, 2.45) is 5.92 Å². The second kappa shape index (κ2) is 8.91. The Labute approximate surface area is 209 Å². The molecule has 3 heterocycles. The van der Waals surface area contributed by atoms with Crippen LogP contribution in [0.3, 0.4) is 0 Å². The van der Waals surface area contributed by atoms with Crippen LogP contribution in [0, 0.1) is 5.92 Å². The highest BCUT2D eigenvalue weighted by atomic mass is 35.5. The molecule has 2 fully saturated rings. The fourth-order valence-electron chi connectivity index (χ4n) is 5.73. The normalized spacial score (nSPS) is 22.6. The van der Waals surface area contributed by atoms with Crippen molar-refractivity contribution in [1.29, 1.82) is 0 Å². The molecule has 5 rings (SSSR count). The van der Waals surface area contributed by atoms with Crippen molar-refractivity contribution in [2.45, 2.75) is 55.8 Å². The number of thiazole rings is 1. The van der Waals surface area contributed by atoms with Crippen LogP contribution in [0.1, 0.15) is 49.6 Å². The first-order valence-electron chi connectivity index (χ1n) is 11.7. The van der Waals surface area contributed by atoms with Crippen molar-refractivity contribution in [2.75, 3.05) is 30.3 Å². The first-order chi connectivity index (χ1) is 16.2. The van der Waals surface area contributed by atoms with Gasteiger partial charge in [-0.2, -0.15) is 0 Å². The summed E-state index contributed by atoms with van der Waals surface area (Å²) < 4.78 is 27.1. The number of fused-ring (bicyclic) bond motifs is 2. The van der Waals surface area contributed by atoms with Crippen LogP contribution in [-0.2, 0) is 31.3 Å². The minimum absolute atomic E-state index is 0.00867. The van der Waals surface area contributed by atoms with Crippen molar-refractivity contribution in [3.63, 3.8) is 0 Å². The summed E-state index contributed by atoms with van der Waals surface area (Å²) in [4.78, 5) is 33.5. The topological polar surface area (TPSA) is 87.7 Å². The zero-order chi connectivity index (χ0) is 24.1. The van der Waals surface area contributed by atoms with E-state index >= 15 is 0 Å². The van der Waals surface area contributed by atoms with Crippen molar-refractivity contribution < 1.29 is 18.0 Å². The number of hydrogen-bond donors (Lipinski definition) is 0. The van der Waals surface area contributed by atoms with Crippen LogP contribution in [0.15, 0.2) is 29.3 Å². The van der Waals surface area contributed by atoms with Gasteiger partial charge in [0.25, 0.3) is 0 Å². The Morgan fingerprint density at radius 3 is 2.65 bits per heavy atom. The fourth-order valence-corrected chi connectivity index (χ4v) is 8.40. The molecular formula is C24H28ClN3O4S2. The maximum atomic E-state index is 13.3. The van der Waals surface area contributed by atoms with Gasteiger partial charge in [0.05, 0.1) is 23.3 Å². The number of anilines is 1. The molecule has 1 spiro atoms. The Morgan fingerprint density at radius 1 is 1.24 bits per heavy atom. The summed E-state index contributed by atoms with van der Waals surface area (Å²) >= 11 is 7.27. The van der Waals surface area contributed by atoms with E-state index in [2.05, 4.69) is 4.98 Å².